The van der Waals surface area contributed by atoms with Crippen molar-refractivity contribution >= 4 is 16.9 Å². The van der Waals surface area contributed by atoms with Gasteiger partial charge in [0.1, 0.15) is 0 Å². The molecule has 0 saturated carbocycles. The van der Waals surface area contributed by atoms with Gasteiger partial charge in [0.25, 0.3) is 5.91 Å². The van der Waals surface area contributed by atoms with Crippen LogP contribution >= 0.6 is 0 Å². The number of likely N-dealkylation sites (tertiary alicyclic amines) is 1. The Balaban J connectivity index is 1.59. The molecular formula is C18H19N7O. The molecule has 132 valence electrons. The third-order valence-electron chi connectivity index (χ3n) is 4.90. The van der Waals surface area contributed by atoms with Crippen LogP contribution < -0.4 is 0 Å². The normalized spacial score (nSPS) is 16.8. The number of carbonyl (C=O) groups excluding carboxylic acids is 1. The molecule has 1 fully saturated rings. The Bertz CT molecular complexity index is 1010. The molecule has 1 aliphatic heterocycles. The maximum atomic E-state index is 12.8. The molecule has 1 aliphatic rings. The van der Waals surface area contributed by atoms with Crippen LogP contribution in [0.1, 0.15) is 17.0 Å². The predicted molar refractivity (Wildman–Crippen MR) is 96.0 cm³/mol. The van der Waals surface area contributed by atoms with Crippen molar-refractivity contribution in [2.75, 3.05) is 20.1 Å². The zero-order valence-corrected chi connectivity index (χ0v) is 14.7. The van der Waals surface area contributed by atoms with Gasteiger partial charge in [0, 0.05) is 38.9 Å². The Kier molecular flexibility index (Phi) is 3.84. The molecule has 1 atom stereocenters. The average Bonchev–Trinajstić information content (AvgIpc) is 3.38. The molecule has 4 rings (SSSR count). The molecule has 0 spiro atoms. The van der Waals surface area contributed by atoms with Crippen LogP contribution in [0.5, 0.6) is 0 Å². The van der Waals surface area contributed by atoms with E-state index in [0.29, 0.717) is 18.9 Å². The van der Waals surface area contributed by atoms with E-state index in [0.717, 1.165) is 28.6 Å². The molecule has 1 unspecified atom stereocenters. The van der Waals surface area contributed by atoms with Crippen molar-refractivity contribution < 1.29 is 4.79 Å². The van der Waals surface area contributed by atoms with Crippen LogP contribution in [0.15, 0.2) is 30.6 Å². The Hall–Kier alpha value is -3.34. The highest BCUT2D eigenvalue weighted by molar-refractivity contribution is 5.95. The highest BCUT2D eigenvalue weighted by Crippen LogP contribution is 2.23. The van der Waals surface area contributed by atoms with E-state index in [2.05, 4.69) is 21.3 Å². The number of nitriles is 1. The third kappa shape index (κ3) is 2.77. The molecule has 1 aromatic carbocycles. The number of hydrogen-bond acceptors (Lipinski definition) is 5. The number of likely N-dealkylation sites (N-methyl/N-ethyl adjacent to an activating group) is 1. The molecule has 8 nitrogen and oxygen atoms in total. The van der Waals surface area contributed by atoms with Crippen LogP contribution in [0, 0.1) is 11.5 Å². The largest absolute Gasteiger partial charge is 0.334 e. The van der Waals surface area contributed by atoms with Gasteiger partial charge in [-0.05, 0) is 24.1 Å². The number of aromatic nitrogens is 4. The van der Waals surface area contributed by atoms with Gasteiger partial charge in [-0.25, -0.2) is 4.98 Å². The number of nitrogens with zero attached hydrogens (tertiary/aromatic N) is 6. The van der Waals surface area contributed by atoms with Gasteiger partial charge < -0.3 is 14.8 Å². The molecule has 26 heavy (non-hydrogen) atoms. The van der Waals surface area contributed by atoms with Crippen molar-refractivity contribution in [3.63, 3.8) is 0 Å². The lowest BCUT2D eigenvalue weighted by Crippen LogP contribution is -2.39. The number of imidazole rings is 1. The van der Waals surface area contributed by atoms with Crippen molar-refractivity contribution in [2.45, 2.75) is 12.5 Å². The van der Waals surface area contributed by atoms with Crippen molar-refractivity contribution in [2.24, 2.45) is 7.05 Å². The van der Waals surface area contributed by atoms with Gasteiger partial charge in [0.05, 0.1) is 23.3 Å². The fraction of sp³-hybridized carbons (Fsp3) is 0.333. The minimum atomic E-state index is -0.158. The monoisotopic (exact) mass is 349 g/mol. The number of nitrogens with one attached hydrogen (secondary N) is 1. The van der Waals surface area contributed by atoms with Crippen molar-refractivity contribution in [1.29, 1.82) is 5.26 Å². The Labute approximate surface area is 150 Å². The number of rotatable bonds is 3. The number of carbonyl (C=O) groups is 1. The molecule has 3 aromatic rings. The molecular weight excluding hydrogens is 330 g/mol. The minimum absolute atomic E-state index is 0.0290. The molecule has 1 N–H and O–H groups in total. The second kappa shape index (κ2) is 6.19. The summed E-state index contributed by atoms with van der Waals surface area (Å²) in [5, 5.41) is 13.2. The summed E-state index contributed by atoms with van der Waals surface area (Å²) in [6, 6.07) is 5.88. The number of H-pyrrole nitrogens is 1. The fourth-order valence-electron chi connectivity index (χ4n) is 3.34. The van der Waals surface area contributed by atoms with Crippen LogP contribution in [0.4, 0.5) is 0 Å². The molecule has 1 amide bonds. The van der Waals surface area contributed by atoms with Crippen molar-refractivity contribution in [1.82, 2.24) is 29.5 Å². The maximum absolute atomic E-state index is 12.8. The number of amides is 1. The smallest absolute Gasteiger partial charge is 0.289 e. The first kappa shape index (κ1) is 16.1. The van der Waals surface area contributed by atoms with E-state index in [-0.39, 0.29) is 11.9 Å². The number of aryl methyl sites for hydroxylation is 1. The van der Waals surface area contributed by atoms with Gasteiger partial charge in [-0.1, -0.05) is 6.07 Å². The lowest BCUT2D eigenvalue weighted by Gasteiger charge is -2.22. The van der Waals surface area contributed by atoms with E-state index in [4.69, 9.17) is 5.26 Å². The SMILES string of the molecule is CN(C(=O)c1nc2ccc(-c3cnn(C)c3)cc2[nH]1)C1CCN(C#N)C1. The van der Waals surface area contributed by atoms with Crippen LogP contribution in [-0.4, -0.2) is 61.6 Å². The lowest BCUT2D eigenvalue weighted by molar-refractivity contribution is 0.0728. The van der Waals surface area contributed by atoms with Gasteiger partial charge in [0.2, 0.25) is 0 Å². The number of aromatic amines is 1. The molecule has 3 heterocycles. The predicted octanol–water partition coefficient (Wildman–Crippen LogP) is 1.59. The number of benzene rings is 1. The zero-order valence-electron chi connectivity index (χ0n) is 14.7. The quantitative estimate of drug-likeness (QED) is 0.725. The first-order valence-electron chi connectivity index (χ1n) is 8.46. The van der Waals surface area contributed by atoms with E-state index in [9.17, 15) is 4.79 Å². The Morgan fingerprint density at radius 2 is 2.27 bits per heavy atom. The van der Waals surface area contributed by atoms with Crippen LogP contribution in [-0.2, 0) is 7.05 Å². The first-order chi connectivity index (χ1) is 12.5. The topological polar surface area (TPSA) is 93.8 Å². The summed E-state index contributed by atoms with van der Waals surface area (Å²) in [6.45, 7) is 1.26. The summed E-state index contributed by atoms with van der Waals surface area (Å²) in [4.78, 5) is 23.7. The van der Waals surface area contributed by atoms with E-state index in [1.165, 1.54) is 0 Å². The summed E-state index contributed by atoms with van der Waals surface area (Å²) >= 11 is 0. The summed E-state index contributed by atoms with van der Waals surface area (Å²) in [5.74, 6) is 0.162. The second-order valence-electron chi connectivity index (χ2n) is 6.62. The standard InChI is InChI=1S/C18H19N7O/c1-23-9-13(8-20-23)12-3-4-15-16(7-12)22-17(21-15)18(26)24(2)14-5-6-25(10-14)11-19/h3-4,7-9,14H,5-6,10H2,1-2H3,(H,21,22). The zero-order chi connectivity index (χ0) is 18.3. The van der Waals surface area contributed by atoms with Gasteiger partial charge >= 0.3 is 0 Å². The van der Waals surface area contributed by atoms with Gasteiger partial charge in [-0.2, -0.15) is 10.4 Å². The van der Waals surface area contributed by atoms with Crippen LogP contribution in [0.2, 0.25) is 0 Å². The first-order valence-corrected chi connectivity index (χ1v) is 8.46. The van der Waals surface area contributed by atoms with E-state index in [1.807, 2.05) is 31.4 Å². The summed E-state index contributed by atoms with van der Waals surface area (Å²) < 4.78 is 1.75. The number of hydrogen-bond donors (Lipinski definition) is 1. The molecule has 0 bridgehead atoms. The van der Waals surface area contributed by atoms with E-state index >= 15 is 0 Å². The van der Waals surface area contributed by atoms with Crippen molar-refractivity contribution in [3.05, 3.63) is 36.4 Å². The van der Waals surface area contributed by atoms with Gasteiger partial charge in [-0.15, -0.1) is 0 Å². The van der Waals surface area contributed by atoms with E-state index in [1.54, 1.807) is 27.7 Å². The van der Waals surface area contributed by atoms with Crippen molar-refractivity contribution in [3.8, 4) is 17.3 Å². The Morgan fingerprint density at radius 3 is 2.96 bits per heavy atom. The maximum Gasteiger partial charge on any atom is 0.289 e. The molecule has 8 heteroatoms. The average molecular weight is 349 g/mol. The Morgan fingerprint density at radius 1 is 1.42 bits per heavy atom. The second-order valence-corrected chi connectivity index (χ2v) is 6.62. The molecule has 0 aliphatic carbocycles. The third-order valence-corrected chi connectivity index (χ3v) is 4.90. The molecule has 0 radical (unpaired) electrons. The van der Waals surface area contributed by atoms with Crippen LogP contribution in [0.25, 0.3) is 22.2 Å². The molecule has 2 aromatic heterocycles. The highest BCUT2D eigenvalue weighted by atomic mass is 16.2. The van der Waals surface area contributed by atoms with Crippen LogP contribution in [0.3, 0.4) is 0 Å². The molecule has 1 saturated heterocycles. The number of fused-ring (bicyclic) bond motifs is 1. The fourth-order valence-corrected chi connectivity index (χ4v) is 3.34. The van der Waals surface area contributed by atoms with Gasteiger partial charge in [0.15, 0.2) is 12.0 Å². The summed E-state index contributed by atoms with van der Waals surface area (Å²) in [6.07, 6.45) is 6.68. The van der Waals surface area contributed by atoms with E-state index < -0.39 is 0 Å². The van der Waals surface area contributed by atoms with Gasteiger partial charge in [-0.3, -0.25) is 9.48 Å². The highest BCUT2D eigenvalue weighted by Gasteiger charge is 2.29. The minimum Gasteiger partial charge on any atom is -0.334 e. The summed E-state index contributed by atoms with van der Waals surface area (Å²) in [7, 11) is 3.64. The lowest BCUT2D eigenvalue weighted by atomic mass is 10.1. The summed E-state index contributed by atoms with van der Waals surface area (Å²) in [5.41, 5.74) is 3.59.